The van der Waals surface area contributed by atoms with E-state index in [2.05, 4.69) is 31.8 Å². The summed E-state index contributed by atoms with van der Waals surface area (Å²) >= 11 is 5.85. The van der Waals surface area contributed by atoms with Crippen LogP contribution in [0.3, 0.4) is 0 Å². The van der Waals surface area contributed by atoms with Crippen LogP contribution in [0.5, 0.6) is 0 Å². The molecular formula is C17H23ClN6. The maximum absolute atomic E-state index is 5.85. The maximum Gasteiger partial charge on any atom is 0.134 e. The summed E-state index contributed by atoms with van der Waals surface area (Å²) in [4.78, 5) is 19.6. The van der Waals surface area contributed by atoms with Crippen molar-refractivity contribution in [1.29, 1.82) is 0 Å². The Labute approximate surface area is 148 Å². The fourth-order valence-electron chi connectivity index (χ4n) is 2.99. The topological polar surface area (TPSA) is 48.4 Å². The van der Waals surface area contributed by atoms with E-state index in [4.69, 9.17) is 11.6 Å². The highest BCUT2D eigenvalue weighted by atomic mass is 35.5. The first-order chi connectivity index (χ1) is 11.5. The van der Waals surface area contributed by atoms with Crippen LogP contribution >= 0.6 is 11.6 Å². The van der Waals surface area contributed by atoms with Crippen molar-refractivity contribution in [3.63, 3.8) is 0 Å². The van der Waals surface area contributed by atoms with Gasteiger partial charge >= 0.3 is 0 Å². The van der Waals surface area contributed by atoms with E-state index in [1.807, 2.05) is 43.4 Å². The minimum absolute atomic E-state index is 0.454. The van der Waals surface area contributed by atoms with Crippen LogP contribution in [-0.2, 0) is 6.54 Å². The molecule has 0 spiro atoms. The molecule has 3 heterocycles. The van der Waals surface area contributed by atoms with E-state index in [0.29, 0.717) is 11.2 Å². The third kappa shape index (κ3) is 3.94. The van der Waals surface area contributed by atoms with Gasteiger partial charge in [0.2, 0.25) is 0 Å². The normalized spacial score (nSPS) is 17.9. The van der Waals surface area contributed by atoms with Gasteiger partial charge in [0.05, 0.1) is 0 Å². The Bertz CT molecular complexity index is 675. The van der Waals surface area contributed by atoms with Gasteiger partial charge < -0.3 is 9.80 Å². The zero-order chi connectivity index (χ0) is 17.1. The molecule has 1 fully saturated rings. The lowest BCUT2D eigenvalue weighted by Gasteiger charge is -2.26. The lowest BCUT2D eigenvalue weighted by Crippen LogP contribution is -2.35. The highest BCUT2D eigenvalue weighted by molar-refractivity contribution is 6.29. The van der Waals surface area contributed by atoms with Gasteiger partial charge in [0.25, 0.3) is 0 Å². The number of nitrogens with zero attached hydrogens (tertiary/aromatic N) is 6. The highest BCUT2D eigenvalue weighted by Gasteiger charge is 2.26. The Kier molecular flexibility index (Phi) is 5.16. The number of likely N-dealkylation sites (tertiary alicyclic amines) is 1. The average Bonchev–Trinajstić information content (AvgIpc) is 3.05. The molecular weight excluding hydrogens is 324 g/mol. The molecule has 3 rings (SSSR count). The van der Waals surface area contributed by atoms with E-state index in [1.54, 1.807) is 6.33 Å². The van der Waals surface area contributed by atoms with Crippen LogP contribution in [-0.4, -0.2) is 60.1 Å². The molecule has 24 heavy (non-hydrogen) atoms. The Morgan fingerprint density at radius 1 is 1.17 bits per heavy atom. The minimum Gasteiger partial charge on any atom is -0.363 e. The van der Waals surface area contributed by atoms with Crippen LogP contribution in [0.1, 0.15) is 12.0 Å². The summed E-state index contributed by atoms with van der Waals surface area (Å²) < 4.78 is 0. The third-order valence-electron chi connectivity index (χ3n) is 4.45. The van der Waals surface area contributed by atoms with Crippen LogP contribution in [0.2, 0.25) is 5.15 Å². The zero-order valence-corrected chi connectivity index (χ0v) is 15.1. The molecule has 0 amide bonds. The molecule has 1 aliphatic heterocycles. The van der Waals surface area contributed by atoms with Gasteiger partial charge in [-0.05, 0) is 18.1 Å². The largest absolute Gasteiger partial charge is 0.363 e. The van der Waals surface area contributed by atoms with E-state index >= 15 is 0 Å². The monoisotopic (exact) mass is 346 g/mol. The zero-order valence-electron chi connectivity index (χ0n) is 14.4. The van der Waals surface area contributed by atoms with Crippen molar-refractivity contribution in [2.24, 2.45) is 0 Å². The fraction of sp³-hybridized carbons (Fsp3) is 0.471. The first-order valence-electron chi connectivity index (χ1n) is 8.08. The third-order valence-corrected chi connectivity index (χ3v) is 4.67. The molecule has 1 aliphatic rings. The van der Waals surface area contributed by atoms with Crippen LogP contribution in [0.25, 0.3) is 0 Å². The first kappa shape index (κ1) is 16.9. The van der Waals surface area contributed by atoms with Gasteiger partial charge in [-0.2, -0.15) is 0 Å². The number of rotatable bonds is 5. The van der Waals surface area contributed by atoms with Crippen molar-refractivity contribution in [3.05, 3.63) is 41.4 Å². The van der Waals surface area contributed by atoms with Crippen LogP contribution in [0.15, 0.2) is 30.7 Å². The molecule has 0 aliphatic carbocycles. The van der Waals surface area contributed by atoms with Crippen LogP contribution in [0, 0.1) is 0 Å². The van der Waals surface area contributed by atoms with Gasteiger partial charge in [-0.15, -0.1) is 0 Å². The second kappa shape index (κ2) is 7.32. The number of hydrogen-bond donors (Lipinski definition) is 0. The second-order valence-electron chi connectivity index (χ2n) is 6.41. The average molecular weight is 347 g/mol. The van der Waals surface area contributed by atoms with Crippen molar-refractivity contribution in [1.82, 2.24) is 19.9 Å². The van der Waals surface area contributed by atoms with Crippen molar-refractivity contribution in [2.75, 3.05) is 44.0 Å². The molecule has 1 unspecified atom stereocenters. The van der Waals surface area contributed by atoms with Crippen molar-refractivity contribution < 1.29 is 0 Å². The Hall–Kier alpha value is -1.92. The van der Waals surface area contributed by atoms with E-state index in [9.17, 15) is 0 Å². The van der Waals surface area contributed by atoms with E-state index in [-0.39, 0.29) is 0 Å². The fourth-order valence-corrected chi connectivity index (χ4v) is 3.10. The summed E-state index contributed by atoms with van der Waals surface area (Å²) in [6, 6.07) is 6.38. The lowest BCUT2D eigenvalue weighted by atomic mass is 10.2. The van der Waals surface area contributed by atoms with Crippen LogP contribution in [0.4, 0.5) is 11.6 Å². The standard InChI is InChI=1S/C17H23ClN6/c1-22(2)16-8-17(21-12-20-16)23(3)14-6-7-24(11-14)10-13-4-5-15(18)19-9-13/h4-5,8-9,12,14H,6-7,10-11H2,1-3H3. The summed E-state index contributed by atoms with van der Waals surface area (Å²) in [6.45, 7) is 2.99. The smallest absolute Gasteiger partial charge is 0.134 e. The van der Waals surface area contributed by atoms with E-state index in [0.717, 1.165) is 37.7 Å². The van der Waals surface area contributed by atoms with Crippen LogP contribution < -0.4 is 9.80 Å². The van der Waals surface area contributed by atoms with E-state index < -0.39 is 0 Å². The van der Waals surface area contributed by atoms with Gasteiger partial charge in [0.15, 0.2) is 0 Å². The first-order valence-corrected chi connectivity index (χ1v) is 8.45. The molecule has 6 nitrogen and oxygen atoms in total. The number of aromatic nitrogens is 3. The predicted molar refractivity (Wildman–Crippen MR) is 97.7 cm³/mol. The Morgan fingerprint density at radius 3 is 2.67 bits per heavy atom. The molecule has 1 saturated heterocycles. The lowest BCUT2D eigenvalue weighted by molar-refractivity contribution is 0.325. The Morgan fingerprint density at radius 2 is 1.96 bits per heavy atom. The Balaban J connectivity index is 1.62. The number of halogens is 1. The molecule has 0 saturated carbocycles. The molecule has 1 atom stereocenters. The van der Waals surface area contributed by atoms with Gasteiger partial charge in [0, 0.05) is 59.1 Å². The molecule has 7 heteroatoms. The number of likely N-dealkylation sites (N-methyl/N-ethyl adjacent to an activating group) is 1. The molecule has 2 aromatic heterocycles. The quantitative estimate of drug-likeness (QED) is 0.774. The van der Waals surface area contributed by atoms with E-state index in [1.165, 1.54) is 5.56 Å². The summed E-state index contributed by atoms with van der Waals surface area (Å²) in [5.74, 6) is 1.89. The van der Waals surface area contributed by atoms with Gasteiger partial charge in [-0.25, -0.2) is 15.0 Å². The number of hydrogen-bond acceptors (Lipinski definition) is 6. The summed E-state index contributed by atoms with van der Waals surface area (Å²) in [5.41, 5.74) is 1.19. The van der Waals surface area contributed by atoms with Crippen molar-refractivity contribution in [2.45, 2.75) is 19.0 Å². The molecule has 128 valence electrons. The van der Waals surface area contributed by atoms with Crippen molar-refractivity contribution >= 4 is 23.2 Å². The summed E-state index contributed by atoms with van der Waals surface area (Å²) in [7, 11) is 6.09. The van der Waals surface area contributed by atoms with Gasteiger partial charge in [0.1, 0.15) is 23.1 Å². The minimum atomic E-state index is 0.454. The highest BCUT2D eigenvalue weighted by Crippen LogP contribution is 2.23. The van der Waals surface area contributed by atoms with Gasteiger partial charge in [-0.1, -0.05) is 17.7 Å². The number of anilines is 2. The second-order valence-corrected chi connectivity index (χ2v) is 6.79. The number of pyridine rings is 1. The SMILES string of the molecule is CN(C)c1cc(N(C)C2CCN(Cc3ccc(Cl)nc3)C2)ncn1. The molecule has 0 radical (unpaired) electrons. The van der Waals surface area contributed by atoms with Crippen molar-refractivity contribution in [3.8, 4) is 0 Å². The predicted octanol–water partition coefficient (Wildman–Crippen LogP) is 2.30. The molecule has 2 aromatic rings. The van der Waals surface area contributed by atoms with Gasteiger partial charge in [-0.3, -0.25) is 4.90 Å². The maximum atomic E-state index is 5.85. The molecule has 0 aromatic carbocycles. The summed E-state index contributed by atoms with van der Waals surface area (Å²) in [5, 5.41) is 0.540. The molecule has 0 bridgehead atoms. The summed E-state index contributed by atoms with van der Waals surface area (Å²) in [6.07, 6.45) is 4.61. The molecule has 0 N–H and O–H groups in total.